The van der Waals surface area contributed by atoms with Crippen molar-refractivity contribution in [2.24, 2.45) is 0 Å². The van der Waals surface area contributed by atoms with E-state index in [2.05, 4.69) is 51.3 Å². The van der Waals surface area contributed by atoms with Crippen LogP contribution in [0.3, 0.4) is 0 Å². The summed E-state index contributed by atoms with van der Waals surface area (Å²) in [7, 11) is 1.66. The van der Waals surface area contributed by atoms with Crippen molar-refractivity contribution in [2.45, 2.75) is 50.2 Å². The van der Waals surface area contributed by atoms with Gasteiger partial charge in [0.1, 0.15) is 23.3 Å². The van der Waals surface area contributed by atoms with Gasteiger partial charge in [0.2, 0.25) is 0 Å². The van der Waals surface area contributed by atoms with E-state index in [1.807, 2.05) is 54.7 Å². The van der Waals surface area contributed by atoms with E-state index in [4.69, 9.17) is 26.7 Å². The molecule has 2 atom stereocenters. The van der Waals surface area contributed by atoms with Crippen LogP contribution in [-0.4, -0.2) is 21.8 Å². The Bertz CT molecular complexity index is 1370. The molecule has 0 spiro atoms. The molecule has 4 aromatic rings. The molecule has 1 N–H and O–H groups in total. The van der Waals surface area contributed by atoms with Crippen molar-refractivity contribution in [3.63, 3.8) is 0 Å². The van der Waals surface area contributed by atoms with Crippen LogP contribution in [0.4, 0.5) is 5.69 Å². The highest BCUT2D eigenvalue weighted by Crippen LogP contribution is 2.44. The van der Waals surface area contributed by atoms with Crippen LogP contribution in [0.5, 0.6) is 17.2 Å². The number of anilines is 1. The number of ether oxygens (including phenoxy) is 2. The second-order valence-electron chi connectivity index (χ2n) is 9.90. The first-order chi connectivity index (χ1) is 18.7. The van der Waals surface area contributed by atoms with Crippen LogP contribution in [-0.2, 0) is 0 Å². The fourth-order valence-corrected chi connectivity index (χ4v) is 6.08. The van der Waals surface area contributed by atoms with E-state index in [0.717, 1.165) is 28.6 Å². The summed E-state index contributed by atoms with van der Waals surface area (Å²) in [6.07, 6.45) is 10.4. The van der Waals surface area contributed by atoms with Gasteiger partial charge in [-0.15, -0.1) is 0 Å². The lowest BCUT2D eigenvalue weighted by Crippen LogP contribution is -2.31. The van der Waals surface area contributed by atoms with Crippen molar-refractivity contribution in [1.29, 1.82) is 0 Å². The van der Waals surface area contributed by atoms with E-state index in [1.54, 1.807) is 7.11 Å². The van der Waals surface area contributed by atoms with Gasteiger partial charge in [-0.05, 0) is 97.9 Å². The average molecular weight is 525 g/mol. The van der Waals surface area contributed by atoms with Gasteiger partial charge in [0.05, 0.1) is 18.8 Å². The van der Waals surface area contributed by atoms with Crippen molar-refractivity contribution >= 4 is 23.0 Å². The minimum atomic E-state index is -0.0591. The molecule has 0 amide bonds. The second-order valence-corrected chi connectivity index (χ2v) is 10.3. The number of nitrogens with zero attached hydrogens (tertiary/aromatic N) is 3. The molecule has 38 heavy (non-hydrogen) atoms. The van der Waals surface area contributed by atoms with Crippen molar-refractivity contribution < 1.29 is 9.47 Å². The number of hydrogen-bond donors (Lipinski definition) is 1. The molecule has 2 aliphatic rings. The van der Waals surface area contributed by atoms with Crippen molar-refractivity contribution in [2.75, 3.05) is 12.0 Å². The first-order valence-corrected chi connectivity index (χ1v) is 13.7. The highest BCUT2D eigenvalue weighted by Gasteiger charge is 2.42. The Balaban J connectivity index is 1.33. The van der Waals surface area contributed by atoms with Crippen LogP contribution in [0.15, 0.2) is 91.3 Å². The number of hydrogen-bond acceptors (Lipinski definition) is 4. The third kappa shape index (κ3) is 4.86. The fraction of sp³-hybridized carbons (Fsp3) is 0.290. The van der Waals surface area contributed by atoms with E-state index < -0.39 is 0 Å². The Hall–Kier alpha value is -3.84. The van der Waals surface area contributed by atoms with Gasteiger partial charge in [-0.2, -0.15) is 0 Å². The highest BCUT2D eigenvalue weighted by molar-refractivity contribution is 7.80. The van der Waals surface area contributed by atoms with Gasteiger partial charge in [0.25, 0.3) is 0 Å². The van der Waals surface area contributed by atoms with Crippen molar-refractivity contribution in [3.8, 4) is 17.2 Å². The lowest BCUT2D eigenvalue weighted by molar-refractivity contribution is 0.340. The highest BCUT2D eigenvalue weighted by atomic mass is 32.1. The molecular weight excluding hydrogens is 492 g/mol. The molecule has 1 aliphatic heterocycles. The summed E-state index contributed by atoms with van der Waals surface area (Å²) in [6.45, 7) is 0. The van der Waals surface area contributed by atoms with Gasteiger partial charge in [0, 0.05) is 29.8 Å². The number of nitrogens with one attached hydrogen (secondary N) is 1. The van der Waals surface area contributed by atoms with Gasteiger partial charge in [-0.3, -0.25) is 4.98 Å². The Morgan fingerprint density at radius 2 is 1.55 bits per heavy atom. The van der Waals surface area contributed by atoms with Crippen LogP contribution < -0.4 is 19.7 Å². The number of benzene rings is 2. The number of pyridine rings is 1. The van der Waals surface area contributed by atoms with Crippen LogP contribution in [0.2, 0.25) is 0 Å². The minimum Gasteiger partial charge on any atom is -0.497 e. The van der Waals surface area contributed by atoms with Crippen LogP contribution in [0.1, 0.15) is 61.6 Å². The van der Waals surface area contributed by atoms with E-state index in [9.17, 15) is 0 Å². The fourth-order valence-electron chi connectivity index (χ4n) is 5.74. The molecule has 1 aliphatic carbocycles. The maximum atomic E-state index is 6.07. The van der Waals surface area contributed by atoms with Crippen LogP contribution in [0, 0.1) is 0 Å². The molecule has 6 nitrogen and oxygen atoms in total. The maximum absolute atomic E-state index is 6.07. The summed E-state index contributed by atoms with van der Waals surface area (Å²) in [5.74, 6) is 2.32. The standard InChI is InChI=1S/C31H32N4O2S/c1-36-24-16-18-26(19-17-24)37-25-14-12-23(13-15-25)35-30(29(33-31(35)38)27-10-5-6-20-32-27)28-11-7-21-34(28)22-8-3-2-4-9-22/h5-7,10-22,29-30H,2-4,8-9H2,1H3,(H,33,38)/t29-,30-/m0/s1. The zero-order valence-electron chi connectivity index (χ0n) is 21.5. The number of methoxy groups -OCH3 is 1. The third-order valence-electron chi connectivity index (χ3n) is 7.59. The van der Waals surface area contributed by atoms with E-state index >= 15 is 0 Å². The largest absolute Gasteiger partial charge is 0.497 e. The van der Waals surface area contributed by atoms with Gasteiger partial charge < -0.3 is 24.3 Å². The molecule has 1 saturated heterocycles. The monoisotopic (exact) mass is 524 g/mol. The summed E-state index contributed by atoms with van der Waals surface area (Å²) in [5.41, 5.74) is 3.26. The summed E-state index contributed by atoms with van der Waals surface area (Å²) >= 11 is 5.95. The number of thiocarbonyl (C=S) groups is 1. The average Bonchev–Trinajstić information content (AvgIpc) is 3.59. The summed E-state index contributed by atoms with van der Waals surface area (Å²) in [5, 5.41) is 4.29. The Morgan fingerprint density at radius 1 is 0.842 bits per heavy atom. The molecule has 194 valence electrons. The minimum absolute atomic E-state index is 0.0253. The maximum Gasteiger partial charge on any atom is 0.174 e. The van der Waals surface area contributed by atoms with E-state index in [1.165, 1.54) is 37.8 Å². The summed E-state index contributed by atoms with van der Waals surface area (Å²) in [4.78, 5) is 6.95. The smallest absolute Gasteiger partial charge is 0.174 e. The molecule has 2 aromatic heterocycles. The quantitative estimate of drug-likeness (QED) is 0.255. The first kappa shape index (κ1) is 24.5. The van der Waals surface area contributed by atoms with Crippen LogP contribution >= 0.6 is 12.2 Å². The van der Waals surface area contributed by atoms with Gasteiger partial charge in [0.15, 0.2) is 5.11 Å². The molecule has 1 saturated carbocycles. The molecule has 0 bridgehead atoms. The summed E-state index contributed by atoms with van der Waals surface area (Å²) in [6, 6.07) is 26.7. The predicted molar refractivity (Wildman–Crippen MR) is 154 cm³/mol. The van der Waals surface area contributed by atoms with Gasteiger partial charge >= 0.3 is 0 Å². The molecule has 2 aromatic carbocycles. The Kier molecular flexibility index (Phi) is 7.01. The third-order valence-corrected chi connectivity index (χ3v) is 7.91. The van der Waals surface area contributed by atoms with Crippen molar-refractivity contribution in [3.05, 3.63) is 103 Å². The molecule has 7 heteroatoms. The van der Waals surface area contributed by atoms with Gasteiger partial charge in [-0.25, -0.2) is 0 Å². The topological polar surface area (TPSA) is 51.6 Å². The molecule has 2 fully saturated rings. The molecule has 0 unspecified atom stereocenters. The Labute approximate surface area is 229 Å². The lowest BCUT2D eigenvalue weighted by Gasteiger charge is -2.32. The number of rotatable bonds is 7. The van der Waals surface area contributed by atoms with Crippen molar-refractivity contribution in [1.82, 2.24) is 14.9 Å². The normalized spacial score (nSPS) is 19.8. The molecule has 0 radical (unpaired) electrons. The predicted octanol–water partition coefficient (Wildman–Crippen LogP) is 7.37. The zero-order valence-corrected chi connectivity index (χ0v) is 22.3. The number of aromatic nitrogens is 2. The molecule has 3 heterocycles. The second kappa shape index (κ2) is 10.9. The van der Waals surface area contributed by atoms with Gasteiger partial charge in [-0.1, -0.05) is 25.3 Å². The lowest BCUT2D eigenvalue weighted by atomic mass is 9.94. The molecular formula is C31H32N4O2S. The van der Waals surface area contributed by atoms with Crippen LogP contribution in [0.25, 0.3) is 0 Å². The zero-order chi connectivity index (χ0) is 25.9. The summed E-state index contributed by atoms with van der Waals surface area (Å²) < 4.78 is 13.8. The van der Waals surface area contributed by atoms with E-state index in [-0.39, 0.29) is 12.1 Å². The van der Waals surface area contributed by atoms with E-state index in [0.29, 0.717) is 11.2 Å². The Morgan fingerprint density at radius 3 is 2.24 bits per heavy atom. The SMILES string of the molecule is COc1ccc(Oc2ccc(N3C(=S)N[C@@H](c4ccccn4)[C@@H]3c3cccn3C3CCCCC3)cc2)cc1. The molecule has 6 rings (SSSR count). The first-order valence-electron chi connectivity index (χ1n) is 13.3.